The Balaban J connectivity index is 1.63. The summed E-state index contributed by atoms with van der Waals surface area (Å²) in [6.07, 6.45) is 2.73. The Morgan fingerprint density at radius 1 is 1.08 bits per heavy atom. The summed E-state index contributed by atoms with van der Waals surface area (Å²) >= 11 is 0. The second-order valence-corrected chi connectivity index (χ2v) is 6.02. The molecule has 26 heavy (non-hydrogen) atoms. The second-order valence-electron chi connectivity index (χ2n) is 6.02. The van der Waals surface area contributed by atoms with Crippen LogP contribution in [-0.2, 0) is 17.8 Å². The summed E-state index contributed by atoms with van der Waals surface area (Å²) in [4.78, 5) is 17.7. The van der Waals surface area contributed by atoms with E-state index in [-0.39, 0.29) is 24.7 Å². The summed E-state index contributed by atoms with van der Waals surface area (Å²) in [6, 6.07) is 17.7. The molecule has 3 aromatic rings. The molecule has 0 aliphatic heterocycles. The van der Waals surface area contributed by atoms with Gasteiger partial charge in [0.1, 0.15) is 5.82 Å². The highest BCUT2D eigenvalue weighted by Crippen LogP contribution is 2.20. The Morgan fingerprint density at radius 3 is 2.38 bits per heavy atom. The van der Waals surface area contributed by atoms with Crippen LogP contribution in [0.4, 0.5) is 8.78 Å². The van der Waals surface area contributed by atoms with Crippen molar-refractivity contribution < 1.29 is 13.6 Å². The van der Waals surface area contributed by atoms with Crippen molar-refractivity contribution in [1.29, 1.82) is 0 Å². The van der Waals surface area contributed by atoms with E-state index in [4.69, 9.17) is 0 Å². The molecular formula is C20H19F2N3O. The van der Waals surface area contributed by atoms with E-state index in [0.29, 0.717) is 0 Å². The van der Waals surface area contributed by atoms with Gasteiger partial charge in [-0.2, -0.15) is 8.78 Å². The van der Waals surface area contributed by atoms with E-state index in [0.717, 1.165) is 21.3 Å². The molecule has 0 unspecified atom stereocenters. The minimum absolute atomic E-state index is 0.0400. The minimum atomic E-state index is -2.67. The number of amides is 1. The molecular weight excluding hydrogens is 336 g/mol. The number of rotatable bonds is 6. The molecule has 0 radical (unpaired) electrons. The van der Waals surface area contributed by atoms with Gasteiger partial charge in [0.15, 0.2) is 0 Å². The summed E-state index contributed by atoms with van der Waals surface area (Å²) in [6.45, 7) is -2.63. The molecule has 0 atom stereocenters. The third-order valence-corrected chi connectivity index (χ3v) is 4.18. The molecule has 2 aromatic carbocycles. The average Bonchev–Trinajstić information content (AvgIpc) is 3.11. The lowest BCUT2D eigenvalue weighted by molar-refractivity contribution is -0.129. The van der Waals surface area contributed by atoms with Gasteiger partial charge in [0.05, 0.1) is 13.0 Å². The van der Waals surface area contributed by atoms with Crippen LogP contribution in [0.25, 0.3) is 11.1 Å². The lowest BCUT2D eigenvalue weighted by Crippen LogP contribution is -2.29. The Morgan fingerprint density at radius 2 is 1.73 bits per heavy atom. The molecule has 1 heterocycles. The molecule has 4 nitrogen and oxygen atoms in total. The van der Waals surface area contributed by atoms with E-state index in [2.05, 4.69) is 4.98 Å². The Hall–Kier alpha value is -3.02. The fourth-order valence-corrected chi connectivity index (χ4v) is 2.70. The van der Waals surface area contributed by atoms with Gasteiger partial charge in [0.2, 0.25) is 5.91 Å². The van der Waals surface area contributed by atoms with Crippen LogP contribution in [-0.4, -0.2) is 27.4 Å². The van der Waals surface area contributed by atoms with Crippen molar-refractivity contribution >= 4 is 5.91 Å². The normalized spacial score (nSPS) is 10.9. The van der Waals surface area contributed by atoms with E-state index >= 15 is 0 Å². The van der Waals surface area contributed by atoms with Crippen LogP contribution in [0.15, 0.2) is 67.0 Å². The highest BCUT2D eigenvalue weighted by molar-refractivity contribution is 5.78. The van der Waals surface area contributed by atoms with Gasteiger partial charge in [-0.3, -0.25) is 9.36 Å². The summed E-state index contributed by atoms with van der Waals surface area (Å²) < 4.78 is 26.5. The first-order chi connectivity index (χ1) is 12.5. The van der Waals surface area contributed by atoms with Gasteiger partial charge >= 0.3 is 6.55 Å². The van der Waals surface area contributed by atoms with Crippen molar-refractivity contribution in [1.82, 2.24) is 14.5 Å². The predicted octanol–water partition coefficient (Wildman–Crippen LogP) is 4.15. The second kappa shape index (κ2) is 7.91. The zero-order valence-electron chi connectivity index (χ0n) is 14.3. The number of alkyl halides is 2. The van der Waals surface area contributed by atoms with Gasteiger partial charge in [0.25, 0.3) is 0 Å². The molecule has 134 valence electrons. The van der Waals surface area contributed by atoms with Gasteiger partial charge < -0.3 is 4.90 Å². The molecule has 0 saturated heterocycles. The molecule has 0 bridgehead atoms. The van der Waals surface area contributed by atoms with E-state index < -0.39 is 6.55 Å². The van der Waals surface area contributed by atoms with Gasteiger partial charge in [-0.1, -0.05) is 54.6 Å². The summed E-state index contributed by atoms with van der Waals surface area (Å²) in [5.41, 5.74) is 3.06. The molecule has 0 fully saturated rings. The quantitative estimate of drug-likeness (QED) is 0.666. The molecule has 0 aliphatic rings. The fraction of sp³-hybridized carbons (Fsp3) is 0.200. The average molecular weight is 355 g/mol. The van der Waals surface area contributed by atoms with Gasteiger partial charge in [0, 0.05) is 19.4 Å². The van der Waals surface area contributed by atoms with Crippen LogP contribution in [0.5, 0.6) is 0 Å². The van der Waals surface area contributed by atoms with Crippen molar-refractivity contribution in [2.24, 2.45) is 0 Å². The van der Waals surface area contributed by atoms with Crippen LogP contribution in [0.2, 0.25) is 0 Å². The molecule has 0 aliphatic carbocycles. The maximum atomic E-state index is 12.9. The Labute approximate surface area is 150 Å². The standard InChI is InChI=1S/C20H19F2N3O/c1-24(14-18-23-11-12-25(18)20(21)22)19(26)13-15-7-9-17(10-8-15)16-5-3-2-4-6-16/h2-12,20H,13-14H2,1H3. The SMILES string of the molecule is CN(Cc1nccn1C(F)F)C(=O)Cc1ccc(-c2ccccc2)cc1. The van der Waals surface area contributed by atoms with Gasteiger partial charge in [-0.05, 0) is 16.7 Å². The number of likely N-dealkylation sites (N-methyl/N-ethyl adjacent to an activating group) is 1. The van der Waals surface area contributed by atoms with Crippen molar-refractivity contribution in [3.05, 3.63) is 78.4 Å². The molecule has 1 aromatic heterocycles. The molecule has 3 rings (SSSR count). The van der Waals surface area contributed by atoms with E-state index in [1.54, 1.807) is 7.05 Å². The highest BCUT2D eigenvalue weighted by Gasteiger charge is 2.16. The largest absolute Gasteiger partial charge is 0.338 e. The first kappa shape index (κ1) is 17.8. The zero-order valence-corrected chi connectivity index (χ0v) is 14.3. The molecule has 1 amide bonds. The lowest BCUT2D eigenvalue weighted by atomic mass is 10.0. The number of carbonyl (C=O) groups excluding carboxylic acids is 1. The minimum Gasteiger partial charge on any atom is -0.338 e. The van der Waals surface area contributed by atoms with Crippen LogP contribution < -0.4 is 0 Å². The molecule has 0 saturated carbocycles. The van der Waals surface area contributed by atoms with Crippen LogP contribution >= 0.6 is 0 Å². The zero-order chi connectivity index (χ0) is 18.5. The molecule has 0 N–H and O–H groups in total. The maximum Gasteiger partial charge on any atom is 0.319 e. The highest BCUT2D eigenvalue weighted by atomic mass is 19.3. The fourth-order valence-electron chi connectivity index (χ4n) is 2.70. The number of aromatic nitrogens is 2. The molecule has 6 heteroatoms. The number of nitrogens with zero attached hydrogens (tertiary/aromatic N) is 3. The van der Waals surface area contributed by atoms with Gasteiger partial charge in [-0.25, -0.2) is 4.98 Å². The topological polar surface area (TPSA) is 38.1 Å². The number of halogens is 2. The number of carbonyl (C=O) groups is 1. The van der Waals surface area contributed by atoms with Crippen molar-refractivity contribution in [2.45, 2.75) is 19.5 Å². The third-order valence-electron chi connectivity index (χ3n) is 4.18. The van der Waals surface area contributed by atoms with Crippen molar-refractivity contribution in [3.8, 4) is 11.1 Å². The maximum absolute atomic E-state index is 12.9. The lowest BCUT2D eigenvalue weighted by Gasteiger charge is -2.17. The Bertz CT molecular complexity index is 860. The number of imidazole rings is 1. The summed E-state index contributed by atoms with van der Waals surface area (Å²) in [5, 5.41) is 0. The van der Waals surface area contributed by atoms with Crippen LogP contribution in [0, 0.1) is 0 Å². The van der Waals surface area contributed by atoms with E-state index in [1.807, 2.05) is 54.6 Å². The first-order valence-corrected chi connectivity index (χ1v) is 8.23. The first-order valence-electron chi connectivity index (χ1n) is 8.23. The monoisotopic (exact) mass is 355 g/mol. The summed E-state index contributed by atoms with van der Waals surface area (Å²) in [5.74, 6) is 0.0107. The van der Waals surface area contributed by atoms with E-state index in [9.17, 15) is 13.6 Å². The van der Waals surface area contributed by atoms with Crippen LogP contribution in [0.3, 0.4) is 0 Å². The van der Waals surface area contributed by atoms with E-state index in [1.165, 1.54) is 17.3 Å². The Kier molecular flexibility index (Phi) is 5.41. The molecule has 0 spiro atoms. The number of hydrogen-bond donors (Lipinski definition) is 0. The predicted molar refractivity (Wildman–Crippen MR) is 95.5 cm³/mol. The third kappa shape index (κ3) is 4.14. The van der Waals surface area contributed by atoms with Gasteiger partial charge in [-0.15, -0.1) is 0 Å². The van der Waals surface area contributed by atoms with Crippen molar-refractivity contribution in [2.75, 3.05) is 7.05 Å². The van der Waals surface area contributed by atoms with Crippen molar-refractivity contribution in [3.63, 3.8) is 0 Å². The summed E-state index contributed by atoms with van der Waals surface area (Å²) in [7, 11) is 1.59. The smallest absolute Gasteiger partial charge is 0.319 e. The number of benzene rings is 2. The van der Waals surface area contributed by atoms with Crippen LogP contribution in [0.1, 0.15) is 17.9 Å². The number of hydrogen-bond acceptors (Lipinski definition) is 2.